The Morgan fingerprint density at radius 3 is 2.42 bits per heavy atom. The molecule has 1 saturated heterocycles. The fraction of sp³-hybridized carbons (Fsp3) is 0.857. The quantitative estimate of drug-likeness (QED) is 0.672. The molecule has 2 N–H and O–H groups in total. The van der Waals surface area contributed by atoms with Crippen molar-refractivity contribution in [3.8, 4) is 0 Å². The summed E-state index contributed by atoms with van der Waals surface area (Å²) in [5.74, 6) is -0.736. The summed E-state index contributed by atoms with van der Waals surface area (Å²) in [4.78, 5) is 10.6. The molecule has 5 heteroatoms. The number of thioether (sulfide) groups is 2. The van der Waals surface area contributed by atoms with Crippen molar-refractivity contribution in [3.63, 3.8) is 0 Å². The van der Waals surface area contributed by atoms with Crippen molar-refractivity contribution in [3.05, 3.63) is 0 Å². The van der Waals surface area contributed by atoms with Crippen LogP contribution in [-0.4, -0.2) is 40.3 Å². The van der Waals surface area contributed by atoms with Gasteiger partial charge in [-0.1, -0.05) is 0 Å². The smallest absolute Gasteiger partial charge is 0.320 e. The van der Waals surface area contributed by atoms with Crippen LogP contribution < -0.4 is 5.32 Å². The number of rotatable bonds is 3. The van der Waals surface area contributed by atoms with Gasteiger partial charge >= 0.3 is 5.97 Å². The fourth-order valence-electron chi connectivity index (χ4n) is 1.30. The maximum absolute atomic E-state index is 10.6. The molecular weight excluding hydrogens is 194 g/mol. The summed E-state index contributed by atoms with van der Waals surface area (Å²) in [6, 6.07) is -0.357. The van der Waals surface area contributed by atoms with Gasteiger partial charge in [-0.05, 0) is 18.9 Å². The third-order valence-electron chi connectivity index (χ3n) is 2.18. The van der Waals surface area contributed by atoms with Crippen molar-refractivity contribution in [2.45, 2.75) is 16.5 Å². The second-order valence-corrected chi connectivity index (χ2v) is 5.43. The number of aliphatic carboxylic acids is 1. The molecule has 1 fully saturated rings. The Balaban J connectivity index is 2.58. The average molecular weight is 207 g/mol. The van der Waals surface area contributed by atoms with E-state index in [0.29, 0.717) is 6.42 Å². The summed E-state index contributed by atoms with van der Waals surface area (Å²) in [6.45, 7) is 0.784. The van der Waals surface area contributed by atoms with E-state index in [1.165, 1.54) is 0 Å². The molecule has 70 valence electrons. The van der Waals surface area contributed by atoms with Gasteiger partial charge in [0.2, 0.25) is 0 Å². The highest BCUT2D eigenvalue weighted by molar-refractivity contribution is 8.17. The molecule has 0 bridgehead atoms. The molecule has 1 aliphatic heterocycles. The van der Waals surface area contributed by atoms with Crippen LogP contribution in [0, 0.1) is 0 Å². The van der Waals surface area contributed by atoms with Crippen LogP contribution in [0.3, 0.4) is 0 Å². The summed E-state index contributed by atoms with van der Waals surface area (Å²) in [6.07, 6.45) is 4.77. The normalized spacial score (nSPS) is 27.3. The largest absolute Gasteiger partial charge is 0.480 e. The molecule has 0 aromatic rings. The lowest BCUT2D eigenvalue weighted by Crippen LogP contribution is -2.30. The topological polar surface area (TPSA) is 49.3 Å². The second-order valence-electron chi connectivity index (χ2n) is 2.79. The van der Waals surface area contributed by atoms with Gasteiger partial charge in [0.1, 0.15) is 6.04 Å². The minimum Gasteiger partial charge on any atom is -0.480 e. The molecule has 0 spiro atoms. The van der Waals surface area contributed by atoms with E-state index >= 15 is 0 Å². The van der Waals surface area contributed by atoms with E-state index in [1.54, 1.807) is 23.5 Å². The SMILES string of the molecule is CSC1(SC)CNC(C(=O)O)C1. The van der Waals surface area contributed by atoms with Gasteiger partial charge in [-0.3, -0.25) is 4.79 Å². The lowest BCUT2D eigenvalue weighted by Gasteiger charge is -2.22. The van der Waals surface area contributed by atoms with Crippen molar-refractivity contribution >= 4 is 29.5 Å². The molecule has 0 amide bonds. The Morgan fingerprint density at radius 1 is 1.58 bits per heavy atom. The Kier molecular flexibility index (Phi) is 3.31. The lowest BCUT2D eigenvalue weighted by atomic mass is 10.2. The molecule has 1 aliphatic rings. The average Bonchev–Trinajstić information content (AvgIpc) is 2.49. The molecule has 12 heavy (non-hydrogen) atoms. The third-order valence-corrected chi connectivity index (χ3v) is 5.29. The van der Waals surface area contributed by atoms with E-state index < -0.39 is 5.97 Å². The highest BCUT2D eigenvalue weighted by atomic mass is 32.2. The number of carboxylic acid groups (broad SMARTS) is 1. The van der Waals surface area contributed by atoms with Gasteiger partial charge in [0.05, 0.1) is 4.08 Å². The monoisotopic (exact) mass is 207 g/mol. The molecule has 0 aliphatic carbocycles. The minimum absolute atomic E-state index is 0.0725. The molecular formula is C7H13NO2S2. The van der Waals surface area contributed by atoms with Gasteiger partial charge in [0.25, 0.3) is 0 Å². The Bertz CT molecular complexity index is 182. The minimum atomic E-state index is -0.736. The van der Waals surface area contributed by atoms with E-state index in [4.69, 9.17) is 5.11 Å². The number of hydrogen-bond acceptors (Lipinski definition) is 4. The summed E-state index contributed by atoms with van der Waals surface area (Å²) in [5.41, 5.74) is 0. The van der Waals surface area contributed by atoms with Crippen LogP contribution in [0.5, 0.6) is 0 Å². The highest BCUT2D eigenvalue weighted by Gasteiger charge is 2.40. The zero-order chi connectivity index (χ0) is 9.19. The van der Waals surface area contributed by atoms with Gasteiger partial charge in [-0.25, -0.2) is 0 Å². The molecule has 1 unspecified atom stereocenters. The van der Waals surface area contributed by atoms with Gasteiger partial charge in [-0.2, -0.15) is 0 Å². The first kappa shape index (κ1) is 10.2. The molecule has 0 aromatic heterocycles. The second kappa shape index (κ2) is 3.89. The predicted molar refractivity (Wildman–Crippen MR) is 53.8 cm³/mol. The van der Waals surface area contributed by atoms with Gasteiger partial charge in [0.15, 0.2) is 0 Å². The van der Waals surface area contributed by atoms with Crippen molar-refractivity contribution in [1.82, 2.24) is 5.32 Å². The van der Waals surface area contributed by atoms with Crippen LogP contribution >= 0.6 is 23.5 Å². The van der Waals surface area contributed by atoms with Crippen molar-refractivity contribution in [1.29, 1.82) is 0 Å². The molecule has 1 heterocycles. The number of carbonyl (C=O) groups is 1. The van der Waals surface area contributed by atoms with Crippen LogP contribution in [0.15, 0.2) is 0 Å². The first-order chi connectivity index (χ1) is 5.63. The van der Waals surface area contributed by atoms with Crippen LogP contribution in [-0.2, 0) is 4.79 Å². The van der Waals surface area contributed by atoms with Crippen LogP contribution in [0.4, 0.5) is 0 Å². The lowest BCUT2D eigenvalue weighted by molar-refractivity contribution is -0.139. The summed E-state index contributed by atoms with van der Waals surface area (Å²) in [7, 11) is 0. The van der Waals surface area contributed by atoms with Crippen LogP contribution in [0.2, 0.25) is 0 Å². The zero-order valence-corrected chi connectivity index (χ0v) is 8.80. The highest BCUT2D eigenvalue weighted by Crippen LogP contribution is 2.40. The van der Waals surface area contributed by atoms with Gasteiger partial charge in [-0.15, -0.1) is 23.5 Å². The van der Waals surface area contributed by atoms with E-state index in [0.717, 1.165) is 6.54 Å². The summed E-state index contributed by atoms with van der Waals surface area (Å²) >= 11 is 3.48. The Labute approximate surface area is 80.7 Å². The van der Waals surface area contributed by atoms with E-state index in [1.807, 2.05) is 12.5 Å². The van der Waals surface area contributed by atoms with Gasteiger partial charge in [0, 0.05) is 6.54 Å². The number of carboxylic acids is 1. The Morgan fingerprint density at radius 2 is 2.17 bits per heavy atom. The van der Waals surface area contributed by atoms with Gasteiger partial charge < -0.3 is 10.4 Å². The van der Waals surface area contributed by atoms with Crippen molar-refractivity contribution in [2.75, 3.05) is 19.1 Å². The Hall–Kier alpha value is 0.130. The molecule has 1 rings (SSSR count). The molecule has 0 radical (unpaired) electrons. The summed E-state index contributed by atoms with van der Waals surface area (Å²) in [5, 5.41) is 11.8. The molecule has 0 saturated carbocycles. The maximum atomic E-state index is 10.6. The van der Waals surface area contributed by atoms with Crippen molar-refractivity contribution < 1.29 is 9.90 Å². The van der Waals surface area contributed by atoms with E-state index in [-0.39, 0.29) is 10.1 Å². The zero-order valence-electron chi connectivity index (χ0n) is 7.16. The van der Waals surface area contributed by atoms with Crippen LogP contribution in [0.1, 0.15) is 6.42 Å². The van der Waals surface area contributed by atoms with Crippen LogP contribution in [0.25, 0.3) is 0 Å². The molecule has 1 atom stereocenters. The van der Waals surface area contributed by atoms with E-state index in [2.05, 4.69) is 5.32 Å². The van der Waals surface area contributed by atoms with Crippen molar-refractivity contribution in [2.24, 2.45) is 0 Å². The number of hydrogen-bond donors (Lipinski definition) is 2. The number of nitrogens with one attached hydrogen (secondary N) is 1. The molecule has 0 aromatic carbocycles. The maximum Gasteiger partial charge on any atom is 0.320 e. The third kappa shape index (κ3) is 1.89. The summed E-state index contributed by atoms with van der Waals surface area (Å²) < 4.78 is 0.0725. The standard InChI is InChI=1S/C7H13NO2S2/c1-11-7(12-2)3-5(6(9)10)8-4-7/h5,8H,3-4H2,1-2H3,(H,9,10). The van der Waals surface area contributed by atoms with E-state index in [9.17, 15) is 4.79 Å². The first-order valence-electron chi connectivity index (χ1n) is 3.70. The molecule has 3 nitrogen and oxygen atoms in total. The fourth-order valence-corrected chi connectivity index (χ4v) is 3.09. The predicted octanol–water partition coefficient (Wildman–Crippen LogP) is 0.855. The first-order valence-corrected chi connectivity index (χ1v) is 6.15.